The molecule has 2 aromatic carbocycles. The molecule has 0 radical (unpaired) electrons. The normalized spacial score (nSPS) is 16.3. The van der Waals surface area contributed by atoms with E-state index < -0.39 is 11.7 Å². The largest absolute Gasteiger partial charge is 0.308 e. The van der Waals surface area contributed by atoms with E-state index in [2.05, 4.69) is 12.2 Å². The second-order valence-corrected chi connectivity index (χ2v) is 5.37. The number of ketones is 1. The van der Waals surface area contributed by atoms with E-state index in [0.717, 1.165) is 22.8 Å². The zero-order valence-electron chi connectivity index (χ0n) is 11.6. The van der Waals surface area contributed by atoms with Gasteiger partial charge in [-0.2, -0.15) is 0 Å². The molecule has 3 nitrogen and oxygen atoms in total. The number of anilines is 1. The number of nitrogens with zero attached hydrogens (tertiary/aromatic N) is 1. The molecule has 1 amide bonds. The number of Topliss-reactive ketones (excluding diaryl/α,β-unsaturated/α-hetero) is 1. The van der Waals surface area contributed by atoms with Gasteiger partial charge in [0.25, 0.3) is 11.7 Å². The Balaban J connectivity index is 2.09. The van der Waals surface area contributed by atoms with Crippen molar-refractivity contribution < 1.29 is 9.59 Å². The van der Waals surface area contributed by atoms with Crippen LogP contribution in [-0.4, -0.2) is 18.7 Å². The molecule has 2 aromatic rings. The third kappa shape index (κ3) is 1.54. The van der Waals surface area contributed by atoms with Crippen molar-refractivity contribution in [3.63, 3.8) is 0 Å². The highest BCUT2D eigenvalue weighted by molar-refractivity contribution is 6.54. The van der Waals surface area contributed by atoms with Gasteiger partial charge in [0.2, 0.25) is 0 Å². The molecular weight excluding hydrogens is 262 g/mol. The van der Waals surface area contributed by atoms with Gasteiger partial charge in [0.05, 0.1) is 11.3 Å². The van der Waals surface area contributed by atoms with E-state index in [1.807, 2.05) is 36.4 Å². The summed E-state index contributed by atoms with van der Waals surface area (Å²) in [5.74, 6) is -0.856. The summed E-state index contributed by atoms with van der Waals surface area (Å²) in [6.07, 6.45) is 9.06. The quantitative estimate of drug-likeness (QED) is 0.693. The number of fused-ring (bicyclic) bond motifs is 5. The van der Waals surface area contributed by atoms with Gasteiger partial charge in [0, 0.05) is 7.05 Å². The van der Waals surface area contributed by atoms with E-state index >= 15 is 0 Å². The van der Waals surface area contributed by atoms with Crippen LogP contribution in [0.25, 0.3) is 16.8 Å². The maximum absolute atomic E-state index is 12.2. The van der Waals surface area contributed by atoms with E-state index in [9.17, 15) is 9.59 Å². The standard InChI is InChI=1S/C18H13NO2/c1-19-15-10-9-13-12-6-4-2-3-5-11(12)7-8-14(13)16(15)17(20)18(19)21/h2-5,7-10H,6H2,1H3. The molecule has 0 unspecified atom stereocenters. The Kier molecular flexibility index (Phi) is 2.39. The first kappa shape index (κ1) is 12.1. The topological polar surface area (TPSA) is 37.4 Å². The summed E-state index contributed by atoms with van der Waals surface area (Å²) < 4.78 is 0. The molecule has 102 valence electrons. The van der Waals surface area contributed by atoms with E-state index in [1.54, 1.807) is 7.05 Å². The minimum absolute atomic E-state index is 0.405. The van der Waals surface area contributed by atoms with E-state index in [-0.39, 0.29) is 0 Å². The number of allylic oxidation sites excluding steroid dienone is 3. The van der Waals surface area contributed by atoms with Crippen LogP contribution < -0.4 is 4.90 Å². The minimum atomic E-state index is -0.452. The van der Waals surface area contributed by atoms with Crippen LogP contribution in [0.2, 0.25) is 0 Å². The van der Waals surface area contributed by atoms with E-state index in [4.69, 9.17) is 0 Å². The van der Waals surface area contributed by atoms with Crippen molar-refractivity contribution >= 4 is 34.2 Å². The highest BCUT2D eigenvalue weighted by Crippen LogP contribution is 2.37. The van der Waals surface area contributed by atoms with Gasteiger partial charge in [-0.25, -0.2) is 0 Å². The third-order valence-electron chi connectivity index (χ3n) is 4.26. The van der Waals surface area contributed by atoms with E-state index in [0.29, 0.717) is 11.3 Å². The number of rotatable bonds is 0. The lowest BCUT2D eigenvalue weighted by molar-refractivity contribution is -0.114. The molecule has 1 aliphatic heterocycles. The van der Waals surface area contributed by atoms with Crippen molar-refractivity contribution in [1.82, 2.24) is 0 Å². The number of hydrogen-bond donors (Lipinski definition) is 0. The van der Waals surface area contributed by atoms with Crippen LogP contribution in [0.4, 0.5) is 5.69 Å². The molecule has 21 heavy (non-hydrogen) atoms. The van der Waals surface area contributed by atoms with Gasteiger partial charge in [0.15, 0.2) is 0 Å². The Bertz CT molecular complexity index is 874. The van der Waals surface area contributed by atoms with Gasteiger partial charge >= 0.3 is 0 Å². The number of amides is 1. The molecule has 0 atom stereocenters. The predicted octanol–water partition coefficient (Wildman–Crippen LogP) is 3.12. The summed E-state index contributed by atoms with van der Waals surface area (Å²) in [6.45, 7) is 0. The maximum Gasteiger partial charge on any atom is 0.299 e. The number of carbonyl (C=O) groups is 2. The van der Waals surface area contributed by atoms with Gasteiger partial charge < -0.3 is 4.90 Å². The first-order chi connectivity index (χ1) is 10.2. The van der Waals surface area contributed by atoms with Gasteiger partial charge in [-0.1, -0.05) is 42.5 Å². The average Bonchev–Trinajstić information content (AvgIpc) is 2.70. The fourth-order valence-electron chi connectivity index (χ4n) is 3.17. The van der Waals surface area contributed by atoms with Crippen LogP contribution >= 0.6 is 0 Å². The summed E-state index contributed by atoms with van der Waals surface area (Å²) in [5.41, 5.74) is 3.62. The molecule has 0 fully saturated rings. The Hall–Kier alpha value is -2.68. The number of hydrogen-bond acceptors (Lipinski definition) is 2. The molecule has 4 rings (SSSR count). The molecule has 3 heteroatoms. The second-order valence-electron chi connectivity index (χ2n) is 5.37. The summed E-state index contributed by atoms with van der Waals surface area (Å²) in [7, 11) is 1.65. The summed E-state index contributed by atoms with van der Waals surface area (Å²) >= 11 is 0. The Morgan fingerprint density at radius 3 is 2.67 bits per heavy atom. The van der Waals surface area contributed by atoms with Gasteiger partial charge in [-0.15, -0.1) is 0 Å². The van der Waals surface area contributed by atoms with Crippen molar-refractivity contribution in [3.05, 3.63) is 59.2 Å². The van der Waals surface area contributed by atoms with Gasteiger partial charge in [0.1, 0.15) is 0 Å². The van der Waals surface area contributed by atoms with Crippen LogP contribution in [0.3, 0.4) is 0 Å². The van der Waals surface area contributed by atoms with Crippen molar-refractivity contribution in [1.29, 1.82) is 0 Å². The number of benzene rings is 2. The van der Waals surface area contributed by atoms with E-state index in [1.165, 1.54) is 10.5 Å². The molecule has 0 spiro atoms. The molecule has 0 saturated carbocycles. The average molecular weight is 275 g/mol. The lowest BCUT2D eigenvalue weighted by Crippen LogP contribution is -2.24. The molecule has 1 aliphatic carbocycles. The van der Waals surface area contributed by atoms with Gasteiger partial charge in [-0.05, 0) is 34.4 Å². The summed E-state index contributed by atoms with van der Waals surface area (Å²) in [6, 6.07) is 7.87. The molecule has 0 aromatic heterocycles. The fraction of sp³-hybridized carbons (Fsp3) is 0.111. The van der Waals surface area contributed by atoms with Crippen LogP contribution in [-0.2, 0) is 11.2 Å². The summed E-state index contributed by atoms with van der Waals surface area (Å²) in [4.78, 5) is 25.6. The molecule has 0 N–H and O–H groups in total. The first-order valence-electron chi connectivity index (χ1n) is 6.92. The molecule has 2 aliphatic rings. The van der Waals surface area contributed by atoms with Gasteiger partial charge in [-0.3, -0.25) is 9.59 Å². The minimum Gasteiger partial charge on any atom is -0.308 e. The zero-order chi connectivity index (χ0) is 14.6. The highest BCUT2D eigenvalue weighted by Gasteiger charge is 2.35. The Morgan fingerprint density at radius 1 is 1.00 bits per heavy atom. The van der Waals surface area contributed by atoms with Crippen molar-refractivity contribution in [2.45, 2.75) is 6.42 Å². The number of carbonyl (C=O) groups excluding carboxylic acids is 2. The molecule has 0 bridgehead atoms. The van der Waals surface area contributed by atoms with Crippen LogP contribution in [0, 0.1) is 0 Å². The zero-order valence-corrected chi connectivity index (χ0v) is 11.6. The SMILES string of the molecule is CN1C(=O)C(=O)c2c1ccc1c3c(ccc21)C=CC=CC3. The smallest absolute Gasteiger partial charge is 0.299 e. The molecule has 0 saturated heterocycles. The highest BCUT2D eigenvalue weighted by atomic mass is 16.2. The monoisotopic (exact) mass is 275 g/mol. The fourth-order valence-corrected chi connectivity index (χ4v) is 3.17. The lowest BCUT2D eigenvalue weighted by atomic mass is 9.93. The number of likely N-dealkylation sites (N-methyl/N-ethyl adjacent to an activating group) is 1. The van der Waals surface area contributed by atoms with Crippen LogP contribution in [0.1, 0.15) is 21.5 Å². The van der Waals surface area contributed by atoms with Crippen molar-refractivity contribution in [2.75, 3.05) is 11.9 Å². The lowest BCUT2D eigenvalue weighted by Gasteiger charge is -2.13. The summed E-state index contributed by atoms with van der Waals surface area (Å²) in [5, 5.41) is 1.93. The molecule has 1 heterocycles. The predicted molar refractivity (Wildman–Crippen MR) is 83.6 cm³/mol. The Labute approximate surface area is 122 Å². The van der Waals surface area contributed by atoms with Crippen molar-refractivity contribution in [3.8, 4) is 0 Å². The van der Waals surface area contributed by atoms with Crippen LogP contribution in [0.5, 0.6) is 0 Å². The molecular formula is C18H13NO2. The Morgan fingerprint density at radius 2 is 1.81 bits per heavy atom. The van der Waals surface area contributed by atoms with Crippen molar-refractivity contribution in [2.24, 2.45) is 0 Å². The third-order valence-corrected chi connectivity index (χ3v) is 4.26. The first-order valence-corrected chi connectivity index (χ1v) is 6.92. The second kappa shape index (κ2) is 4.16. The van der Waals surface area contributed by atoms with Crippen LogP contribution in [0.15, 0.2) is 42.5 Å². The maximum atomic E-state index is 12.2.